The molecule has 1 heteroatoms. The van der Waals surface area contributed by atoms with E-state index in [1.807, 2.05) is 0 Å². The van der Waals surface area contributed by atoms with Crippen molar-refractivity contribution in [1.29, 1.82) is 0 Å². The highest BCUT2D eigenvalue weighted by molar-refractivity contribution is 6.98. The Kier molecular flexibility index (Phi) is 5.11. The van der Waals surface area contributed by atoms with Crippen LogP contribution >= 0.6 is 0 Å². The third-order valence-electron chi connectivity index (χ3n) is 9.81. The zero-order chi connectivity index (χ0) is 28.0. The van der Waals surface area contributed by atoms with E-state index in [0.29, 0.717) is 0 Å². The third kappa shape index (κ3) is 3.36. The van der Waals surface area contributed by atoms with Crippen LogP contribution < -0.4 is 16.4 Å². The first-order chi connectivity index (χ1) is 19.8. The molecule has 0 saturated carbocycles. The first kappa shape index (κ1) is 24.4. The van der Waals surface area contributed by atoms with Crippen molar-refractivity contribution in [3.8, 4) is 11.1 Å². The minimum absolute atomic E-state index is 0.0943. The normalized spacial score (nSPS) is 14.1. The predicted molar refractivity (Wildman–Crippen MR) is 179 cm³/mol. The molecule has 0 unspecified atom stereocenters. The highest BCUT2D eigenvalue weighted by atomic mass is 14.3. The molecule has 41 heavy (non-hydrogen) atoms. The maximum atomic E-state index is 2.51. The first-order valence-corrected chi connectivity index (χ1v) is 14.8. The van der Waals surface area contributed by atoms with Gasteiger partial charge in [-0.25, -0.2) is 0 Å². The van der Waals surface area contributed by atoms with Gasteiger partial charge in [0.1, 0.15) is 0 Å². The van der Waals surface area contributed by atoms with E-state index in [9.17, 15) is 0 Å². The molecule has 1 aliphatic heterocycles. The lowest BCUT2D eigenvalue weighted by molar-refractivity contribution is 0.647. The Labute approximate surface area is 243 Å². The van der Waals surface area contributed by atoms with E-state index in [1.54, 1.807) is 0 Å². The number of fused-ring (bicyclic) bond motifs is 3. The highest BCUT2D eigenvalue weighted by Gasteiger charge is 2.41. The molecule has 0 N–H and O–H groups in total. The number of benzene rings is 7. The lowest BCUT2D eigenvalue weighted by Crippen LogP contribution is -2.60. The van der Waals surface area contributed by atoms with Crippen LogP contribution in [0.1, 0.15) is 41.7 Å². The average molecular weight is 525 g/mol. The van der Waals surface area contributed by atoms with Crippen molar-refractivity contribution in [2.75, 3.05) is 0 Å². The van der Waals surface area contributed by atoms with E-state index in [4.69, 9.17) is 0 Å². The van der Waals surface area contributed by atoms with Gasteiger partial charge in [-0.3, -0.25) is 0 Å². The molecular formula is C40H33B. The largest absolute Gasteiger partial charge is 0.242 e. The maximum absolute atomic E-state index is 2.51. The summed E-state index contributed by atoms with van der Waals surface area (Å²) in [4.78, 5) is 0. The summed E-state index contributed by atoms with van der Waals surface area (Å²) >= 11 is 0. The molecule has 7 aromatic carbocycles. The topological polar surface area (TPSA) is 0 Å². The van der Waals surface area contributed by atoms with Crippen LogP contribution in [-0.4, -0.2) is 6.71 Å². The summed E-state index contributed by atoms with van der Waals surface area (Å²) in [5.41, 5.74) is 13.8. The first-order valence-electron chi connectivity index (χ1n) is 14.8. The third-order valence-corrected chi connectivity index (χ3v) is 9.81. The minimum Gasteiger partial charge on any atom is -0.0686 e. The van der Waals surface area contributed by atoms with Crippen LogP contribution in [0.4, 0.5) is 0 Å². The Bertz CT molecular complexity index is 2130. The van der Waals surface area contributed by atoms with Crippen LogP contribution in [0.3, 0.4) is 0 Å². The number of hydrogen-bond donors (Lipinski definition) is 0. The molecule has 1 heterocycles. The fourth-order valence-corrected chi connectivity index (χ4v) is 8.16. The van der Waals surface area contributed by atoms with Crippen molar-refractivity contribution >= 4 is 55.4 Å². The van der Waals surface area contributed by atoms with Crippen molar-refractivity contribution in [1.82, 2.24) is 0 Å². The second kappa shape index (κ2) is 8.57. The summed E-state index contributed by atoms with van der Waals surface area (Å²) in [6.07, 6.45) is 0. The molecule has 0 spiro atoms. The number of hydrogen-bond acceptors (Lipinski definition) is 0. The molecule has 0 nitrogen and oxygen atoms in total. The van der Waals surface area contributed by atoms with Gasteiger partial charge in [0.15, 0.2) is 0 Å². The summed E-state index contributed by atoms with van der Waals surface area (Å²) in [5.74, 6) is 0. The summed E-state index contributed by atoms with van der Waals surface area (Å²) in [6.45, 7) is 11.7. The Morgan fingerprint density at radius 3 is 1.98 bits per heavy atom. The zero-order valence-corrected chi connectivity index (χ0v) is 24.5. The fraction of sp³-hybridized carbons (Fsp3) is 0.150. The molecule has 0 fully saturated rings. The van der Waals surface area contributed by atoms with Gasteiger partial charge in [0.25, 0.3) is 0 Å². The molecule has 8 rings (SSSR count). The van der Waals surface area contributed by atoms with Crippen LogP contribution in [0.25, 0.3) is 43.4 Å². The van der Waals surface area contributed by atoms with Crippen LogP contribution in [0.2, 0.25) is 0 Å². The molecule has 0 amide bonds. The molecule has 0 saturated heterocycles. The Morgan fingerprint density at radius 1 is 0.561 bits per heavy atom. The lowest BCUT2D eigenvalue weighted by Gasteiger charge is -2.40. The summed E-state index contributed by atoms with van der Waals surface area (Å²) in [7, 11) is 0. The molecule has 0 bridgehead atoms. The highest BCUT2D eigenvalue weighted by Crippen LogP contribution is 2.43. The van der Waals surface area contributed by atoms with Crippen LogP contribution in [0.5, 0.6) is 0 Å². The Morgan fingerprint density at radius 2 is 1.20 bits per heavy atom. The minimum atomic E-state index is -0.0943. The van der Waals surface area contributed by atoms with E-state index in [-0.39, 0.29) is 12.1 Å². The van der Waals surface area contributed by atoms with Crippen molar-refractivity contribution in [2.45, 2.75) is 40.0 Å². The van der Waals surface area contributed by atoms with E-state index in [1.165, 1.54) is 87.6 Å². The summed E-state index contributed by atoms with van der Waals surface area (Å²) < 4.78 is 0. The monoisotopic (exact) mass is 524 g/mol. The van der Waals surface area contributed by atoms with Crippen LogP contribution in [0.15, 0.2) is 109 Å². The summed E-state index contributed by atoms with van der Waals surface area (Å²) in [6, 6.07) is 41.6. The Balaban J connectivity index is 1.52. The van der Waals surface area contributed by atoms with Crippen molar-refractivity contribution in [3.63, 3.8) is 0 Å². The predicted octanol–water partition coefficient (Wildman–Crippen LogP) is 8.33. The second-order valence-electron chi connectivity index (χ2n) is 12.7. The SMILES string of the molecule is Cc1cc(C)c(-c2ccc3ccc4c5c(cc6ccc2c3c64)C(C)(C)c2ccccc2B5c2ccccc2)c(C)c1. The van der Waals surface area contributed by atoms with Gasteiger partial charge in [-0.1, -0.05) is 145 Å². The van der Waals surface area contributed by atoms with Gasteiger partial charge in [0.05, 0.1) is 0 Å². The number of rotatable bonds is 2. The Hall–Kier alpha value is -4.36. The van der Waals surface area contributed by atoms with Gasteiger partial charge in [-0.2, -0.15) is 0 Å². The maximum Gasteiger partial charge on any atom is 0.242 e. The number of aryl methyl sites for hydroxylation is 3. The van der Waals surface area contributed by atoms with E-state index in [0.717, 1.165) is 0 Å². The molecule has 0 aromatic heterocycles. The van der Waals surface area contributed by atoms with E-state index < -0.39 is 0 Å². The standard InChI is InChI=1S/C40H33B/c1-24-21-25(2)36(26(3)22-24)30-18-15-27-16-20-32-38-28(17-19-31(30)37(27)38)23-34-39(32)41(29-11-7-6-8-12-29)35-14-10-9-13-33(35)40(34,4)5/h6-23H,1-5H3. The average Bonchev–Trinajstić information content (AvgIpc) is 2.97. The molecule has 0 radical (unpaired) electrons. The van der Waals surface area contributed by atoms with Gasteiger partial charge >= 0.3 is 0 Å². The van der Waals surface area contributed by atoms with Crippen molar-refractivity contribution in [2.24, 2.45) is 0 Å². The molecular weight excluding hydrogens is 491 g/mol. The van der Waals surface area contributed by atoms with Crippen molar-refractivity contribution < 1.29 is 0 Å². The van der Waals surface area contributed by atoms with Gasteiger partial charge in [0.2, 0.25) is 6.71 Å². The van der Waals surface area contributed by atoms with E-state index in [2.05, 4.69) is 144 Å². The van der Waals surface area contributed by atoms with Crippen molar-refractivity contribution in [3.05, 3.63) is 137 Å². The lowest BCUT2D eigenvalue weighted by atomic mass is 9.31. The molecule has 0 atom stereocenters. The molecule has 7 aromatic rings. The fourth-order valence-electron chi connectivity index (χ4n) is 8.16. The second-order valence-corrected chi connectivity index (χ2v) is 12.7. The van der Waals surface area contributed by atoms with Crippen LogP contribution in [-0.2, 0) is 5.41 Å². The van der Waals surface area contributed by atoms with Gasteiger partial charge in [-0.05, 0) is 86.5 Å². The smallest absolute Gasteiger partial charge is 0.0686 e. The molecule has 1 aliphatic rings. The quantitative estimate of drug-likeness (QED) is 0.158. The molecule has 0 aliphatic carbocycles. The van der Waals surface area contributed by atoms with Gasteiger partial charge < -0.3 is 0 Å². The van der Waals surface area contributed by atoms with Crippen LogP contribution in [0, 0.1) is 20.8 Å². The van der Waals surface area contributed by atoms with Gasteiger partial charge in [-0.15, -0.1) is 0 Å². The summed E-state index contributed by atoms with van der Waals surface area (Å²) in [5, 5.41) is 8.19. The van der Waals surface area contributed by atoms with Gasteiger partial charge in [0, 0.05) is 5.41 Å². The molecule has 196 valence electrons. The zero-order valence-electron chi connectivity index (χ0n) is 24.5. The van der Waals surface area contributed by atoms with E-state index >= 15 is 0 Å².